The van der Waals surface area contributed by atoms with E-state index in [1.165, 1.54) is 56.9 Å². The molecule has 5 nitrogen and oxygen atoms in total. The topological polar surface area (TPSA) is 55.8 Å². The lowest BCUT2D eigenvalue weighted by molar-refractivity contribution is -0.151. The zero-order chi connectivity index (χ0) is 25.4. The molecular formula is C32H41N3O2. The Bertz CT molecular complexity index is 1090. The number of benzene rings is 2. The summed E-state index contributed by atoms with van der Waals surface area (Å²) in [5.41, 5.74) is 3.07. The average molecular weight is 500 g/mol. The van der Waals surface area contributed by atoms with E-state index in [0.29, 0.717) is 36.0 Å². The van der Waals surface area contributed by atoms with Crippen molar-refractivity contribution in [1.29, 1.82) is 0 Å². The molecule has 6 aliphatic rings. The van der Waals surface area contributed by atoms with Gasteiger partial charge in [0, 0.05) is 42.3 Å². The molecule has 1 saturated carbocycles. The van der Waals surface area contributed by atoms with Crippen LogP contribution < -0.4 is 5.32 Å². The molecule has 5 aliphatic heterocycles. The largest absolute Gasteiger partial charge is 0.508 e. The first-order valence-corrected chi connectivity index (χ1v) is 14.5. The maximum atomic E-state index is 13.1. The summed E-state index contributed by atoms with van der Waals surface area (Å²) in [6.45, 7) is 5.00. The number of phenolic OH excluding ortho intramolecular Hbond substituents is 1. The summed E-state index contributed by atoms with van der Waals surface area (Å²) in [5.74, 6) is 0.353. The van der Waals surface area contributed by atoms with Crippen molar-refractivity contribution in [2.75, 3.05) is 6.54 Å². The summed E-state index contributed by atoms with van der Waals surface area (Å²) in [6.07, 6.45) is 14.2. The second kappa shape index (κ2) is 10.6. The van der Waals surface area contributed by atoms with Crippen LogP contribution in [0.3, 0.4) is 0 Å². The van der Waals surface area contributed by atoms with E-state index in [0.717, 1.165) is 30.5 Å². The van der Waals surface area contributed by atoms with Gasteiger partial charge in [-0.2, -0.15) is 0 Å². The Labute approximate surface area is 221 Å². The molecule has 5 heteroatoms. The monoisotopic (exact) mass is 499 g/mol. The molecule has 5 saturated heterocycles. The van der Waals surface area contributed by atoms with Crippen molar-refractivity contribution >= 4 is 5.91 Å². The molecule has 2 N–H and O–H groups in total. The van der Waals surface area contributed by atoms with Crippen molar-refractivity contribution in [1.82, 2.24) is 15.1 Å². The average Bonchev–Trinajstić information content (AvgIpc) is 3.18. The van der Waals surface area contributed by atoms with E-state index >= 15 is 0 Å². The zero-order valence-electron chi connectivity index (χ0n) is 21.9. The van der Waals surface area contributed by atoms with Crippen LogP contribution in [0.15, 0.2) is 61.2 Å². The summed E-state index contributed by atoms with van der Waals surface area (Å²) in [4.78, 5) is 18.5. The minimum absolute atomic E-state index is 0.0449. The Morgan fingerprint density at radius 2 is 1.54 bits per heavy atom. The molecule has 4 bridgehead atoms. The Morgan fingerprint density at radius 3 is 2.16 bits per heavy atom. The van der Waals surface area contributed by atoms with Gasteiger partial charge in [-0.05, 0) is 73.9 Å². The molecule has 5 unspecified atom stereocenters. The summed E-state index contributed by atoms with van der Waals surface area (Å²) >= 11 is 0. The van der Waals surface area contributed by atoms with Gasteiger partial charge >= 0.3 is 0 Å². The molecule has 2 aromatic carbocycles. The molecule has 37 heavy (non-hydrogen) atoms. The highest BCUT2D eigenvalue weighted by atomic mass is 16.3. The third kappa shape index (κ3) is 4.72. The molecule has 0 aromatic heterocycles. The molecular weight excluding hydrogens is 458 g/mol. The predicted octanol–water partition coefficient (Wildman–Crippen LogP) is 5.80. The van der Waals surface area contributed by atoms with Gasteiger partial charge in [0.05, 0.1) is 6.04 Å². The number of nitrogens with one attached hydrogen (secondary N) is 1. The number of phenols is 1. The van der Waals surface area contributed by atoms with Gasteiger partial charge in [-0.25, -0.2) is 0 Å². The maximum Gasteiger partial charge on any atom is 0.251 e. The Morgan fingerprint density at radius 1 is 0.892 bits per heavy atom. The van der Waals surface area contributed by atoms with E-state index in [9.17, 15) is 9.90 Å². The number of amides is 1. The number of fused-ring (bicyclic) bond motifs is 2. The first-order valence-electron chi connectivity index (χ1n) is 14.5. The van der Waals surface area contributed by atoms with Crippen LogP contribution in [-0.4, -0.2) is 57.6 Å². The molecule has 5 heterocycles. The van der Waals surface area contributed by atoms with Crippen LogP contribution in [-0.2, 0) is 0 Å². The minimum Gasteiger partial charge on any atom is -0.508 e. The zero-order valence-corrected chi connectivity index (χ0v) is 21.9. The normalized spacial score (nSPS) is 29.1. The number of hydrogen-bond donors (Lipinski definition) is 2. The van der Waals surface area contributed by atoms with E-state index in [1.54, 1.807) is 6.07 Å². The number of hydrogen-bond acceptors (Lipinski definition) is 4. The highest BCUT2D eigenvalue weighted by Crippen LogP contribution is 2.50. The van der Waals surface area contributed by atoms with E-state index < -0.39 is 0 Å². The second-order valence-electron chi connectivity index (χ2n) is 11.6. The summed E-state index contributed by atoms with van der Waals surface area (Å²) in [7, 11) is 0. The van der Waals surface area contributed by atoms with Crippen molar-refractivity contribution in [3.8, 4) is 5.75 Å². The second-order valence-corrected chi connectivity index (χ2v) is 11.6. The number of carbonyl (C=O) groups excluding carboxylic acids is 1. The van der Waals surface area contributed by atoms with Crippen LogP contribution in [0.5, 0.6) is 5.75 Å². The van der Waals surface area contributed by atoms with Gasteiger partial charge in [0.2, 0.25) is 0 Å². The first-order chi connectivity index (χ1) is 18.1. The third-order valence-corrected chi connectivity index (χ3v) is 9.53. The van der Waals surface area contributed by atoms with Crippen LogP contribution in [0, 0.1) is 0 Å². The van der Waals surface area contributed by atoms with Crippen molar-refractivity contribution < 1.29 is 9.90 Å². The first kappa shape index (κ1) is 24.7. The van der Waals surface area contributed by atoms with E-state index in [2.05, 4.69) is 46.0 Å². The molecule has 5 atom stereocenters. The Balaban J connectivity index is 1.29. The summed E-state index contributed by atoms with van der Waals surface area (Å²) in [6, 6.07) is 18.6. The molecule has 0 spiro atoms. The lowest BCUT2D eigenvalue weighted by Crippen LogP contribution is -2.75. The summed E-state index contributed by atoms with van der Waals surface area (Å²) < 4.78 is 0. The van der Waals surface area contributed by atoms with Crippen LogP contribution in [0.25, 0.3) is 0 Å². The fourth-order valence-electron chi connectivity index (χ4n) is 7.96. The fraction of sp³-hybridized carbons (Fsp3) is 0.531. The van der Waals surface area contributed by atoms with Crippen LogP contribution in [0.2, 0.25) is 0 Å². The van der Waals surface area contributed by atoms with E-state index in [-0.39, 0.29) is 11.9 Å². The minimum atomic E-state index is 0.0449. The maximum absolute atomic E-state index is 13.1. The van der Waals surface area contributed by atoms with E-state index in [4.69, 9.17) is 0 Å². The van der Waals surface area contributed by atoms with Gasteiger partial charge in [-0.3, -0.25) is 14.6 Å². The molecule has 2 aromatic rings. The van der Waals surface area contributed by atoms with Crippen molar-refractivity contribution in [3.05, 3.63) is 77.9 Å². The van der Waals surface area contributed by atoms with Gasteiger partial charge in [0.15, 0.2) is 0 Å². The van der Waals surface area contributed by atoms with Crippen molar-refractivity contribution in [2.45, 2.75) is 100 Å². The van der Waals surface area contributed by atoms with Gasteiger partial charge < -0.3 is 10.4 Å². The molecule has 196 valence electrons. The van der Waals surface area contributed by atoms with Crippen LogP contribution >= 0.6 is 0 Å². The van der Waals surface area contributed by atoms with Gasteiger partial charge in [0.1, 0.15) is 5.75 Å². The molecule has 0 radical (unpaired) electrons. The Hall–Kier alpha value is -2.63. The van der Waals surface area contributed by atoms with Gasteiger partial charge in [0.25, 0.3) is 5.91 Å². The lowest BCUT2D eigenvalue weighted by atomic mass is 9.69. The smallest absolute Gasteiger partial charge is 0.251 e. The number of piperazine rings is 1. The highest BCUT2D eigenvalue weighted by molar-refractivity contribution is 5.94. The SMILES string of the molecule is C=CCN1C2CCC3C1CCC2N3C(c1ccc(C(=O)NC2CCCCCC2)cc1)c1cccc(O)c1. The summed E-state index contributed by atoms with van der Waals surface area (Å²) in [5, 5.41) is 13.7. The lowest BCUT2D eigenvalue weighted by Gasteiger charge is -2.66. The number of aromatic hydroxyl groups is 1. The molecule has 1 aliphatic carbocycles. The quantitative estimate of drug-likeness (QED) is 0.373. The van der Waals surface area contributed by atoms with E-state index in [1.807, 2.05) is 24.3 Å². The number of nitrogens with zero attached hydrogens (tertiary/aromatic N) is 2. The molecule has 1 amide bonds. The standard InChI is InChI=1S/C32H41N3O2/c1-2-20-34-27-16-18-29-28(34)17-19-30(27)35(29)31(24-8-7-11-26(36)21-24)22-12-14-23(15-13-22)32(37)33-25-9-5-3-4-6-10-25/h2,7-8,11-15,21,25,27-31,36H,1,3-6,9-10,16-20H2,(H,33,37). The van der Waals surface area contributed by atoms with Crippen molar-refractivity contribution in [3.63, 3.8) is 0 Å². The third-order valence-electron chi connectivity index (χ3n) is 9.53. The molecule has 8 rings (SSSR count). The Kier molecular flexibility index (Phi) is 7.09. The van der Waals surface area contributed by atoms with Crippen LogP contribution in [0.4, 0.5) is 0 Å². The predicted molar refractivity (Wildman–Crippen MR) is 148 cm³/mol. The van der Waals surface area contributed by atoms with Gasteiger partial charge in [-0.1, -0.05) is 56.0 Å². The van der Waals surface area contributed by atoms with Crippen molar-refractivity contribution in [2.24, 2.45) is 0 Å². The number of rotatable bonds is 7. The number of piperidine rings is 4. The van der Waals surface area contributed by atoms with Gasteiger partial charge in [-0.15, -0.1) is 6.58 Å². The highest BCUT2D eigenvalue weighted by Gasteiger charge is 2.56. The van der Waals surface area contributed by atoms with Crippen LogP contribution in [0.1, 0.15) is 91.7 Å². The fourth-order valence-corrected chi connectivity index (χ4v) is 7.96. The molecule has 6 fully saturated rings. The number of carbonyl (C=O) groups is 1.